The molecule has 10 heteroatoms. The van der Waals surface area contributed by atoms with Gasteiger partial charge in [0.1, 0.15) is 17.6 Å². The minimum Gasteiger partial charge on any atom is -0.496 e. The SMILES string of the molecule is CCc1c(-c2ccc(N)cc2OC)n(-c2ccc(Oc3nccc(C)n3)c(F)c2)c2c(N)ncnc12. The van der Waals surface area contributed by atoms with Gasteiger partial charge in [0, 0.05) is 46.5 Å². The highest BCUT2D eigenvalue weighted by Gasteiger charge is 2.25. The predicted octanol–water partition coefficient (Wildman–Crippen LogP) is 4.85. The lowest BCUT2D eigenvalue weighted by Gasteiger charge is -2.16. The molecule has 0 atom stereocenters. The van der Waals surface area contributed by atoms with Crippen molar-refractivity contribution >= 4 is 22.5 Å². The summed E-state index contributed by atoms with van der Waals surface area (Å²) in [4.78, 5) is 16.9. The Kier molecular flexibility index (Phi) is 5.85. The van der Waals surface area contributed by atoms with Crippen LogP contribution in [0.3, 0.4) is 0 Å². The van der Waals surface area contributed by atoms with E-state index in [-0.39, 0.29) is 17.6 Å². The van der Waals surface area contributed by atoms with E-state index in [0.29, 0.717) is 40.3 Å². The van der Waals surface area contributed by atoms with Gasteiger partial charge in [0.2, 0.25) is 0 Å². The third-order valence-corrected chi connectivity index (χ3v) is 5.85. The maximum atomic E-state index is 15.3. The molecule has 9 nitrogen and oxygen atoms in total. The van der Waals surface area contributed by atoms with E-state index in [9.17, 15) is 0 Å². The maximum absolute atomic E-state index is 15.3. The first-order chi connectivity index (χ1) is 17.4. The monoisotopic (exact) mass is 485 g/mol. The van der Waals surface area contributed by atoms with Crippen molar-refractivity contribution in [2.75, 3.05) is 18.6 Å². The zero-order valence-electron chi connectivity index (χ0n) is 20.0. The number of aromatic nitrogens is 5. The number of methoxy groups -OCH3 is 1. The number of hydrogen-bond acceptors (Lipinski definition) is 8. The van der Waals surface area contributed by atoms with Gasteiger partial charge in [0.05, 0.1) is 18.3 Å². The third kappa shape index (κ3) is 3.92. The van der Waals surface area contributed by atoms with Gasteiger partial charge in [-0.15, -0.1) is 0 Å². The van der Waals surface area contributed by atoms with Crippen molar-refractivity contribution in [2.24, 2.45) is 0 Å². The summed E-state index contributed by atoms with van der Waals surface area (Å²) in [5, 5.41) is 0. The summed E-state index contributed by atoms with van der Waals surface area (Å²) < 4.78 is 28.4. The fourth-order valence-corrected chi connectivity index (χ4v) is 4.26. The van der Waals surface area contributed by atoms with E-state index in [0.717, 1.165) is 16.8 Å². The Labute approximate surface area is 206 Å². The second-order valence-corrected chi connectivity index (χ2v) is 8.13. The summed E-state index contributed by atoms with van der Waals surface area (Å²) >= 11 is 0. The van der Waals surface area contributed by atoms with E-state index in [1.54, 1.807) is 44.5 Å². The van der Waals surface area contributed by atoms with Crippen LogP contribution in [0.15, 0.2) is 55.0 Å². The first kappa shape index (κ1) is 23.0. The van der Waals surface area contributed by atoms with Crippen molar-refractivity contribution in [3.8, 4) is 34.5 Å². The largest absolute Gasteiger partial charge is 0.496 e. The van der Waals surface area contributed by atoms with Gasteiger partial charge in [-0.25, -0.2) is 24.3 Å². The van der Waals surface area contributed by atoms with E-state index in [1.807, 2.05) is 17.6 Å². The van der Waals surface area contributed by atoms with Crippen molar-refractivity contribution in [3.63, 3.8) is 0 Å². The van der Waals surface area contributed by atoms with Crippen LogP contribution in [0.5, 0.6) is 17.5 Å². The zero-order valence-corrected chi connectivity index (χ0v) is 20.0. The fraction of sp³-hybridized carbons (Fsp3) is 0.154. The molecule has 0 aliphatic heterocycles. The average Bonchev–Trinajstić information content (AvgIpc) is 3.20. The molecular formula is C26H24FN7O2. The van der Waals surface area contributed by atoms with Gasteiger partial charge in [-0.05, 0) is 43.7 Å². The Bertz CT molecular complexity index is 1600. The summed E-state index contributed by atoms with van der Waals surface area (Å²) in [5.74, 6) is 0.233. The van der Waals surface area contributed by atoms with Gasteiger partial charge in [-0.2, -0.15) is 0 Å². The summed E-state index contributed by atoms with van der Waals surface area (Å²) in [6.07, 6.45) is 3.61. The topological polar surface area (TPSA) is 127 Å². The van der Waals surface area contributed by atoms with Crippen LogP contribution in [0.1, 0.15) is 18.2 Å². The van der Waals surface area contributed by atoms with Crippen LogP contribution in [-0.2, 0) is 6.42 Å². The minimum atomic E-state index is -0.594. The molecular weight excluding hydrogens is 461 g/mol. The molecule has 4 N–H and O–H groups in total. The highest BCUT2D eigenvalue weighted by molar-refractivity contribution is 5.97. The van der Waals surface area contributed by atoms with E-state index >= 15 is 4.39 Å². The lowest BCUT2D eigenvalue weighted by atomic mass is 10.0. The normalized spacial score (nSPS) is 11.1. The molecule has 0 aliphatic rings. The first-order valence-corrected chi connectivity index (χ1v) is 11.3. The Balaban J connectivity index is 1.75. The number of nitrogen functional groups attached to an aromatic ring is 2. The molecule has 5 aromatic rings. The molecule has 0 saturated carbocycles. The molecule has 0 aliphatic carbocycles. The van der Waals surface area contributed by atoms with Crippen LogP contribution in [0, 0.1) is 12.7 Å². The molecule has 0 saturated heterocycles. The fourth-order valence-electron chi connectivity index (χ4n) is 4.26. The van der Waals surface area contributed by atoms with Crippen LogP contribution in [0.4, 0.5) is 15.9 Å². The molecule has 0 amide bonds. The van der Waals surface area contributed by atoms with Crippen LogP contribution in [-0.4, -0.2) is 31.6 Å². The van der Waals surface area contributed by atoms with Crippen LogP contribution >= 0.6 is 0 Å². The first-order valence-electron chi connectivity index (χ1n) is 11.3. The smallest absolute Gasteiger partial charge is 0.322 e. The number of hydrogen-bond donors (Lipinski definition) is 2. The average molecular weight is 486 g/mol. The number of ether oxygens (including phenoxy) is 2. The molecule has 3 heterocycles. The standard InChI is InChI=1S/C26H24FN7O2/c1-4-17-22-24(25(29)32-13-31-22)34(23(17)18-7-5-15(28)11-21(18)35-3)16-6-8-20(19(27)12-16)36-26-30-10-9-14(2)33-26/h5-13H,4,28H2,1-3H3,(H2,29,31,32). The van der Waals surface area contributed by atoms with Crippen molar-refractivity contribution in [1.29, 1.82) is 0 Å². The van der Waals surface area contributed by atoms with Gasteiger partial charge in [0.25, 0.3) is 0 Å². The van der Waals surface area contributed by atoms with Crippen LogP contribution in [0.25, 0.3) is 28.0 Å². The molecule has 0 bridgehead atoms. The highest BCUT2D eigenvalue weighted by atomic mass is 19.1. The molecule has 0 spiro atoms. The number of nitrogens with zero attached hydrogens (tertiary/aromatic N) is 5. The summed E-state index contributed by atoms with van der Waals surface area (Å²) in [6.45, 7) is 3.82. The van der Waals surface area contributed by atoms with E-state index in [1.165, 1.54) is 18.5 Å². The molecule has 36 heavy (non-hydrogen) atoms. The maximum Gasteiger partial charge on any atom is 0.322 e. The van der Waals surface area contributed by atoms with Gasteiger partial charge < -0.3 is 25.5 Å². The third-order valence-electron chi connectivity index (χ3n) is 5.85. The second kappa shape index (κ2) is 9.14. The molecule has 0 unspecified atom stereocenters. The Morgan fingerprint density at radius 2 is 1.83 bits per heavy atom. The van der Waals surface area contributed by atoms with E-state index < -0.39 is 5.82 Å². The van der Waals surface area contributed by atoms with Crippen LogP contribution < -0.4 is 20.9 Å². The van der Waals surface area contributed by atoms with Gasteiger partial charge in [0.15, 0.2) is 17.4 Å². The number of anilines is 2. The van der Waals surface area contributed by atoms with E-state index in [2.05, 4.69) is 19.9 Å². The molecule has 0 fully saturated rings. The number of nitrogens with two attached hydrogens (primary N) is 2. The quantitative estimate of drug-likeness (QED) is 0.327. The summed E-state index contributed by atoms with van der Waals surface area (Å²) in [7, 11) is 1.57. The highest BCUT2D eigenvalue weighted by Crippen LogP contribution is 2.42. The number of halogens is 1. The molecule has 0 radical (unpaired) electrons. The Morgan fingerprint density at radius 1 is 1.00 bits per heavy atom. The Morgan fingerprint density at radius 3 is 2.56 bits per heavy atom. The predicted molar refractivity (Wildman–Crippen MR) is 136 cm³/mol. The second-order valence-electron chi connectivity index (χ2n) is 8.13. The number of benzene rings is 2. The minimum absolute atomic E-state index is 0.00707. The Hall–Kier alpha value is -4.73. The molecule has 5 rings (SSSR count). The van der Waals surface area contributed by atoms with Crippen molar-refractivity contribution in [2.45, 2.75) is 20.3 Å². The van der Waals surface area contributed by atoms with Crippen molar-refractivity contribution in [3.05, 3.63) is 72.1 Å². The molecule has 182 valence electrons. The molecule has 2 aromatic carbocycles. The summed E-state index contributed by atoms with van der Waals surface area (Å²) in [6, 6.07) is 11.8. The van der Waals surface area contributed by atoms with Crippen molar-refractivity contribution in [1.82, 2.24) is 24.5 Å². The van der Waals surface area contributed by atoms with Gasteiger partial charge in [-0.3, -0.25) is 0 Å². The lowest BCUT2D eigenvalue weighted by molar-refractivity contribution is 0.410. The van der Waals surface area contributed by atoms with Crippen molar-refractivity contribution < 1.29 is 13.9 Å². The number of rotatable bonds is 6. The zero-order chi connectivity index (χ0) is 25.4. The lowest BCUT2D eigenvalue weighted by Crippen LogP contribution is -2.04. The van der Waals surface area contributed by atoms with Crippen LogP contribution in [0.2, 0.25) is 0 Å². The van der Waals surface area contributed by atoms with Gasteiger partial charge in [-0.1, -0.05) is 6.92 Å². The molecule has 3 aromatic heterocycles. The van der Waals surface area contributed by atoms with Gasteiger partial charge >= 0.3 is 6.01 Å². The number of fused-ring (bicyclic) bond motifs is 1. The van der Waals surface area contributed by atoms with E-state index in [4.69, 9.17) is 20.9 Å². The summed E-state index contributed by atoms with van der Waals surface area (Å²) in [5.41, 5.74) is 17.8. The number of aryl methyl sites for hydroxylation is 2.